The number of furan rings is 1. The summed E-state index contributed by atoms with van der Waals surface area (Å²) >= 11 is 0. The van der Waals surface area contributed by atoms with Crippen LogP contribution >= 0.6 is 0 Å². The smallest absolute Gasteiger partial charge is 0.225 e. The number of likely N-dealkylation sites (tertiary alicyclic amines) is 1. The molecule has 3 aromatic carbocycles. The number of nitrogens with two attached hydrogens (primary N) is 1. The molecule has 0 unspecified atom stereocenters. The molecule has 1 aliphatic rings. The van der Waals surface area contributed by atoms with Gasteiger partial charge in [0.1, 0.15) is 11.3 Å². The number of fused-ring (bicyclic) bond motifs is 1. The van der Waals surface area contributed by atoms with Gasteiger partial charge in [-0.15, -0.1) is 0 Å². The Morgan fingerprint density at radius 2 is 1.75 bits per heavy atom. The number of nitrogens with zero attached hydrogens (tertiary/aromatic N) is 2. The van der Waals surface area contributed by atoms with Gasteiger partial charge >= 0.3 is 0 Å². The monoisotopic (exact) mass is 530 g/mol. The van der Waals surface area contributed by atoms with E-state index in [4.69, 9.17) is 10.2 Å². The molecule has 0 aliphatic carbocycles. The number of amides is 1. The molecule has 1 amide bonds. The fourth-order valence-corrected chi connectivity index (χ4v) is 5.75. The van der Waals surface area contributed by atoms with Gasteiger partial charge < -0.3 is 15.5 Å². The summed E-state index contributed by atoms with van der Waals surface area (Å²) in [5, 5.41) is 4.28. The minimum Gasteiger partial charge on any atom is -0.459 e. The van der Waals surface area contributed by atoms with Gasteiger partial charge in [0.05, 0.1) is 18.5 Å². The Kier molecular flexibility index (Phi) is 7.20. The Labute approximate surface area is 234 Å². The number of benzene rings is 3. The molecule has 1 aliphatic heterocycles. The summed E-state index contributed by atoms with van der Waals surface area (Å²) in [5.41, 5.74) is 13.5. The average Bonchev–Trinajstić information content (AvgIpc) is 3.35. The molecule has 3 N–H and O–H groups in total. The molecule has 6 nitrogen and oxygen atoms in total. The van der Waals surface area contributed by atoms with Crippen molar-refractivity contribution in [3.05, 3.63) is 136 Å². The van der Waals surface area contributed by atoms with E-state index in [1.807, 2.05) is 54.9 Å². The van der Waals surface area contributed by atoms with E-state index in [1.54, 1.807) is 0 Å². The first kappa shape index (κ1) is 26.0. The van der Waals surface area contributed by atoms with E-state index in [2.05, 4.69) is 71.5 Å². The molecule has 202 valence electrons. The maximum atomic E-state index is 13.4. The SMILES string of the molecule is Cc1ccc([C@@H](NC(=O)Cc2ccc3oc([C@@H](c4ccncc4)N4CC(N)C4)cc3c2)c2ccccc2)c(C)c1. The Balaban J connectivity index is 1.24. The van der Waals surface area contributed by atoms with Crippen molar-refractivity contribution in [2.45, 2.75) is 38.4 Å². The third-order valence-corrected chi connectivity index (χ3v) is 7.73. The summed E-state index contributed by atoms with van der Waals surface area (Å²) in [7, 11) is 0. The van der Waals surface area contributed by atoms with Crippen LogP contribution in [-0.4, -0.2) is 34.9 Å². The van der Waals surface area contributed by atoms with Gasteiger partial charge in [0.25, 0.3) is 0 Å². The second-order valence-electron chi connectivity index (χ2n) is 10.9. The molecular weight excluding hydrogens is 496 g/mol. The summed E-state index contributed by atoms with van der Waals surface area (Å²) in [6, 6.07) is 28.6. The van der Waals surface area contributed by atoms with Gasteiger partial charge in [-0.05, 0) is 72.0 Å². The van der Waals surface area contributed by atoms with Crippen LogP contribution in [0.1, 0.15) is 51.2 Å². The molecule has 3 heterocycles. The zero-order valence-corrected chi connectivity index (χ0v) is 22.9. The molecule has 0 spiro atoms. The van der Waals surface area contributed by atoms with E-state index in [0.717, 1.165) is 57.6 Å². The Morgan fingerprint density at radius 3 is 2.48 bits per heavy atom. The molecule has 2 atom stereocenters. The maximum absolute atomic E-state index is 13.4. The number of rotatable bonds is 8. The first-order valence-electron chi connectivity index (χ1n) is 13.8. The number of carbonyl (C=O) groups is 1. The number of aryl methyl sites for hydroxylation is 2. The van der Waals surface area contributed by atoms with E-state index >= 15 is 0 Å². The minimum absolute atomic E-state index is 0.0219. The van der Waals surface area contributed by atoms with E-state index < -0.39 is 0 Å². The van der Waals surface area contributed by atoms with E-state index in [1.165, 1.54) is 5.56 Å². The lowest BCUT2D eigenvalue weighted by molar-refractivity contribution is -0.120. The fraction of sp³-hybridized carbons (Fsp3) is 0.235. The number of carbonyl (C=O) groups excluding carboxylic acids is 1. The molecular formula is C34H34N4O2. The lowest BCUT2D eigenvalue weighted by atomic mass is 9.93. The number of aromatic nitrogens is 1. The summed E-state index contributed by atoms with van der Waals surface area (Å²) < 4.78 is 6.34. The molecule has 5 aromatic rings. The third kappa shape index (κ3) is 5.41. The van der Waals surface area contributed by atoms with E-state index in [9.17, 15) is 4.79 Å². The zero-order valence-electron chi connectivity index (χ0n) is 22.9. The van der Waals surface area contributed by atoms with E-state index in [-0.39, 0.29) is 30.5 Å². The molecule has 6 heteroatoms. The first-order chi connectivity index (χ1) is 19.4. The van der Waals surface area contributed by atoms with Gasteiger partial charge in [-0.3, -0.25) is 14.7 Å². The predicted octanol–water partition coefficient (Wildman–Crippen LogP) is 5.63. The molecule has 1 fully saturated rings. The van der Waals surface area contributed by atoms with Crippen molar-refractivity contribution >= 4 is 16.9 Å². The van der Waals surface area contributed by atoms with Crippen LogP contribution < -0.4 is 11.1 Å². The van der Waals surface area contributed by atoms with E-state index in [0.29, 0.717) is 0 Å². The Hall–Kier alpha value is -4.26. The van der Waals surface area contributed by atoms with Gasteiger partial charge in [0.15, 0.2) is 0 Å². The first-order valence-corrected chi connectivity index (χ1v) is 13.8. The van der Waals surface area contributed by atoms with Crippen LogP contribution in [0.3, 0.4) is 0 Å². The van der Waals surface area contributed by atoms with Gasteiger partial charge in [0, 0.05) is 36.9 Å². The van der Waals surface area contributed by atoms with Gasteiger partial charge in [-0.1, -0.05) is 60.2 Å². The molecule has 40 heavy (non-hydrogen) atoms. The number of hydrogen-bond donors (Lipinski definition) is 2. The second-order valence-corrected chi connectivity index (χ2v) is 10.9. The average molecular weight is 531 g/mol. The van der Waals surface area contributed by atoms with Crippen molar-refractivity contribution in [2.24, 2.45) is 5.73 Å². The van der Waals surface area contributed by atoms with Gasteiger partial charge in [-0.2, -0.15) is 0 Å². The molecule has 2 aromatic heterocycles. The Bertz CT molecular complexity index is 1620. The van der Waals surface area contributed by atoms with Crippen LogP contribution in [-0.2, 0) is 11.2 Å². The molecule has 0 saturated carbocycles. The molecule has 1 saturated heterocycles. The number of hydrogen-bond acceptors (Lipinski definition) is 5. The van der Waals surface area contributed by atoms with Gasteiger partial charge in [-0.25, -0.2) is 0 Å². The number of pyridine rings is 1. The topological polar surface area (TPSA) is 84.4 Å². The quantitative estimate of drug-likeness (QED) is 0.272. The normalized spacial score (nSPS) is 15.5. The van der Waals surface area contributed by atoms with Crippen molar-refractivity contribution < 1.29 is 9.21 Å². The second kappa shape index (κ2) is 11.1. The van der Waals surface area contributed by atoms with Crippen LogP contribution in [0.2, 0.25) is 0 Å². The van der Waals surface area contributed by atoms with Crippen molar-refractivity contribution in [3.8, 4) is 0 Å². The third-order valence-electron chi connectivity index (χ3n) is 7.73. The highest BCUT2D eigenvalue weighted by Gasteiger charge is 2.34. The zero-order chi connectivity index (χ0) is 27.6. The van der Waals surface area contributed by atoms with Crippen LogP contribution in [0.25, 0.3) is 11.0 Å². The maximum Gasteiger partial charge on any atom is 0.225 e. The summed E-state index contributed by atoms with van der Waals surface area (Å²) in [6.07, 6.45) is 3.89. The largest absolute Gasteiger partial charge is 0.459 e. The minimum atomic E-state index is -0.220. The van der Waals surface area contributed by atoms with Crippen molar-refractivity contribution in [1.29, 1.82) is 0 Å². The van der Waals surface area contributed by atoms with Crippen LogP contribution in [0, 0.1) is 13.8 Å². The van der Waals surface area contributed by atoms with Crippen molar-refractivity contribution in [2.75, 3.05) is 13.1 Å². The van der Waals surface area contributed by atoms with Crippen LogP contribution in [0.5, 0.6) is 0 Å². The number of nitrogens with one attached hydrogen (secondary N) is 1. The summed E-state index contributed by atoms with van der Waals surface area (Å²) in [6.45, 7) is 5.82. The van der Waals surface area contributed by atoms with Crippen molar-refractivity contribution in [1.82, 2.24) is 15.2 Å². The lowest BCUT2D eigenvalue weighted by Gasteiger charge is -2.42. The fourth-order valence-electron chi connectivity index (χ4n) is 5.75. The highest BCUT2D eigenvalue weighted by Crippen LogP contribution is 2.35. The summed E-state index contributed by atoms with van der Waals surface area (Å²) in [4.78, 5) is 19.9. The molecule has 0 bridgehead atoms. The molecule has 6 rings (SSSR count). The van der Waals surface area contributed by atoms with Crippen molar-refractivity contribution in [3.63, 3.8) is 0 Å². The lowest BCUT2D eigenvalue weighted by Crippen LogP contribution is -2.56. The van der Waals surface area contributed by atoms with Gasteiger partial charge in [0.2, 0.25) is 5.91 Å². The summed E-state index contributed by atoms with van der Waals surface area (Å²) in [5.74, 6) is 0.842. The predicted molar refractivity (Wildman–Crippen MR) is 158 cm³/mol. The van der Waals surface area contributed by atoms with Crippen LogP contribution in [0.15, 0.2) is 102 Å². The highest BCUT2D eigenvalue weighted by molar-refractivity contribution is 5.83. The standard InChI is InChI=1S/C34H34N4O2/c1-22-8-10-29(23(2)16-22)33(25-6-4-3-5-7-25)37-32(39)18-24-9-11-30-27(17-24)19-31(40-30)34(38-20-28(35)21-38)26-12-14-36-15-13-26/h3-17,19,28,33-34H,18,20-21,35H2,1-2H3,(H,37,39)/t33-,34+/m0/s1. The highest BCUT2D eigenvalue weighted by atomic mass is 16.3. The Morgan fingerprint density at radius 1 is 0.975 bits per heavy atom. The molecule has 0 radical (unpaired) electrons. The van der Waals surface area contributed by atoms with Crippen LogP contribution in [0.4, 0.5) is 0 Å².